The molecule has 4 rings (SSSR count). The smallest absolute Gasteiger partial charge is 0.410 e. The molecule has 3 aromatic rings. The molecule has 12 heteroatoms. The third-order valence-electron chi connectivity index (χ3n) is 6.72. The predicted molar refractivity (Wildman–Crippen MR) is 172 cm³/mol. The lowest BCUT2D eigenvalue weighted by Gasteiger charge is -2.30. The third kappa shape index (κ3) is 8.11. The predicted octanol–water partition coefficient (Wildman–Crippen LogP) is 6.60. The Hall–Kier alpha value is -4.03. The van der Waals surface area contributed by atoms with Crippen LogP contribution in [0.4, 0.5) is 15.5 Å². The number of esters is 1. The van der Waals surface area contributed by atoms with Gasteiger partial charge in [0.1, 0.15) is 16.4 Å². The summed E-state index contributed by atoms with van der Waals surface area (Å²) in [5.74, 6) is -0.405. The van der Waals surface area contributed by atoms with Gasteiger partial charge in [0.25, 0.3) is 5.91 Å². The van der Waals surface area contributed by atoms with Crippen molar-refractivity contribution >= 4 is 57.7 Å². The van der Waals surface area contributed by atoms with Gasteiger partial charge in [-0.25, -0.2) is 9.59 Å². The van der Waals surface area contributed by atoms with Gasteiger partial charge in [-0.05, 0) is 81.6 Å². The average molecular weight is 640 g/mol. The van der Waals surface area contributed by atoms with Crippen molar-refractivity contribution in [1.82, 2.24) is 4.90 Å². The summed E-state index contributed by atoms with van der Waals surface area (Å²) in [6, 6.07) is 14.1. The molecule has 2 N–H and O–H groups in total. The molecule has 0 saturated heterocycles. The van der Waals surface area contributed by atoms with E-state index in [0.29, 0.717) is 47.0 Å². The van der Waals surface area contributed by atoms with Crippen molar-refractivity contribution in [3.05, 3.63) is 70.1 Å². The molecule has 3 amide bonds. The molecule has 0 fully saturated rings. The quantitative estimate of drug-likeness (QED) is 0.198. The van der Waals surface area contributed by atoms with Gasteiger partial charge in [-0.1, -0.05) is 13.0 Å². The molecule has 2 heterocycles. The molecule has 2 aromatic carbocycles. The van der Waals surface area contributed by atoms with Crippen molar-refractivity contribution in [2.75, 3.05) is 31.4 Å². The number of fused-ring (bicyclic) bond motifs is 1. The number of methoxy groups -OCH3 is 2. The Morgan fingerprint density at radius 3 is 2.41 bits per heavy atom. The molecule has 1 aliphatic heterocycles. The first-order chi connectivity index (χ1) is 20.9. The highest BCUT2D eigenvalue weighted by Crippen LogP contribution is 2.39. The van der Waals surface area contributed by atoms with E-state index < -0.39 is 22.9 Å². The fourth-order valence-electron chi connectivity index (χ4n) is 4.56. The topological polar surface area (TPSA) is 123 Å². The van der Waals surface area contributed by atoms with Crippen molar-refractivity contribution in [1.29, 1.82) is 0 Å². The lowest BCUT2D eigenvalue weighted by Crippen LogP contribution is -2.39. The fraction of sp³-hybridized carbons (Fsp3) is 0.375. The van der Waals surface area contributed by atoms with Crippen molar-refractivity contribution in [2.24, 2.45) is 0 Å². The van der Waals surface area contributed by atoms with Gasteiger partial charge in [-0.3, -0.25) is 9.59 Å². The van der Waals surface area contributed by atoms with Crippen molar-refractivity contribution < 1.29 is 33.4 Å². The van der Waals surface area contributed by atoms with Crippen LogP contribution in [0.25, 0.3) is 0 Å². The van der Waals surface area contributed by atoms with Crippen LogP contribution in [0.5, 0.6) is 5.75 Å². The number of anilines is 2. The molecule has 0 bridgehead atoms. The number of carbonyl (C=O) groups is 4. The Balaban J connectivity index is 1.47. The minimum Gasteiger partial charge on any atom is -0.497 e. The standard InChI is InChI=1S/C32H37N3O7S2/c1-7-24(43-22-10-8-9-20(17-22)33-27(36)19-11-13-21(40-5)14-12-19)28(37)34-29-26(30(38)41-6)23-15-16-35(18-25(23)44-29)31(39)42-32(2,3)4/h8-14,17,24H,7,15-16,18H2,1-6H3,(H,33,36)(H,34,37). The number of benzene rings is 2. The number of ether oxygens (including phenoxy) is 3. The van der Waals surface area contributed by atoms with Gasteiger partial charge in [0.05, 0.1) is 31.6 Å². The molecule has 0 spiro atoms. The molecule has 0 aliphatic carbocycles. The zero-order chi connectivity index (χ0) is 32.0. The van der Waals surface area contributed by atoms with Crippen LogP contribution in [0.3, 0.4) is 0 Å². The minimum atomic E-state index is -0.627. The SMILES string of the molecule is CCC(Sc1cccc(NC(=O)c2ccc(OC)cc2)c1)C(=O)Nc1sc2c(c1C(=O)OC)CCN(C(=O)OC(C)(C)C)C2. The van der Waals surface area contributed by atoms with Crippen molar-refractivity contribution in [2.45, 2.75) is 62.8 Å². The van der Waals surface area contributed by atoms with E-state index in [2.05, 4.69) is 10.6 Å². The number of nitrogens with one attached hydrogen (secondary N) is 2. The van der Waals surface area contributed by atoms with Crippen LogP contribution < -0.4 is 15.4 Å². The Labute approximate surface area is 265 Å². The van der Waals surface area contributed by atoms with Crippen molar-refractivity contribution in [3.8, 4) is 5.75 Å². The van der Waals surface area contributed by atoms with E-state index in [1.807, 2.05) is 45.9 Å². The van der Waals surface area contributed by atoms with Gasteiger partial charge >= 0.3 is 12.1 Å². The van der Waals surface area contributed by atoms with Crippen molar-refractivity contribution in [3.63, 3.8) is 0 Å². The second-order valence-corrected chi connectivity index (χ2v) is 13.4. The first-order valence-electron chi connectivity index (χ1n) is 14.2. The fourth-order valence-corrected chi connectivity index (χ4v) is 6.83. The Bertz CT molecular complexity index is 1530. The second kappa shape index (κ2) is 14.2. The summed E-state index contributed by atoms with van der Waals surface area (Å²) in [5, 5.41) is 5.77. The van der Waals surface area contributed by atoms with Crippen LogP contribution >= 0.6 is 23.1 Å². The summed E-state index contributed by atoms with van der Waals surface area (Å²) in [7, 11) is 2.87. The number of amides is 3. The highest BCUT2D eigenvalue weighted by Gasteiger charge is 2.33. The maximum atomic E-state index is 13.5. The molecule has 1 unspecified atom stereocenters. The molecule has 10 nitrogen and oxygen atoms in total. The van der Waals surface area contributed by atoms with Gasteiger partial charge in [0.15, 0.2) is 0 Å². The van der Waals surface area contributed by atoms with Crippen LogP contribution in [0.1, 0.15) is 65.3 Å². The molecule has 1 aliphatic rings. The maximum absolute atomic E-state index is 13.5. The third-order valence-corrected chi connectivity index (χ3v) is 9.21. The van der Waals surface area contributed by atoms with Gasteiger partial charge in [-0.15, -0.1) is 23.1 Å². The van der Waals surface area contributed by atoms with E-state index in [4.69, 9.17) is 14.2 Å². The van der Waals surface area contributed by atoms with Crippen LogP contribution in [0.2, 0.25) is 0 Å². The van der Waals surface area contributed by atoms with E-state index in [0.717, 1.165) is 15.3 Å². The summed E-state index contributed by atoms with van der Waals surface area (Å²) >= 11 is 2.63. The first-order valence-corrected chi connectivity index (χ1v) is 15.9. The lowest BCUT2D eigenvalue weighted by molar-refractivity contribution is -0.115. The van der Waals surface area contributed by atoms with Crippen LogP contribution in [0.15, 0.2) is 53.4 Å². The highest BCUT2D eigenvalue weighted by atomic mass is 32.2. The van der Waals surface area contributed by atoms with E-state index in [1.165, 1.54) is 30.2 Å². The Morgan fingerprint density at radius 2 is 1.77 bits per heavy atom. The average Bonchev–Trinajstić information content (AvgIpc) is 3.35. The molecule has 1 aromatic heterocycles. The molecule has 0 radical (unpaired) electrons. The monoisotopic (exact) mass is 639 g/mol. The van der Waals surface area contributed by atoms with Gasteiger partial charge in [-0.2, -0.15) is 0 Å². The number of rotatable bonds is 9. The summed E-state index contributed by atoms with van der Waals surface area (Å²) < 4.78 is 15.7. The summed E-state index contributed by atoms with van der Waals surface area (Å²) in [6.45, 7) is 8.00. The number of hydrogen-bond acceptors (Lipinski definition) is 9. The summed E-state index contributed by atoms with van der Waals surface area (Å²) in [6.07, 6.45) is 0.530. The Morgan fingerprint density at radius 1 is 1.05 bits per heavy atom. The largest absolute Gasteiger partial charge is 0.497 e. The number of carbonyl (C=O) groups excluding carboxylic acids is 4. The molecule has 44 heavy (non-hydrogen) atoms. The van der Waals surface area contributed by atoms with E-state index in [1.54, 1.807) is 42.3 Å². The molecular weight excluding hydrogens is 603 g/mol. The van der Waals surface area contributed by atoms with E-state index in [9.17, 15) is 19.2 Å². The Kier molecular flexibility index (Phi) is 10.6. The van der Waals surface area contributed by atoms with Crippen LogP contribution in [0, 0.1) is 0 Å². The summed E-state index contributed by atoms with van der Waals surface area (Å²) in [4.78, 5) is 55.0. The zero-order valence-corrected chi connectivity index (χ0v) is 27.3. The van der Waals surface area contributed by atoms with E-state index in [-0.39, 0.29) is 18.4 Å². The normalized spacial score (nSPS) is 13.4. The second-order valence-electron chi connectivity index (χ2n) is 11.1. The number of nitrogens with zero attached hydrogens (tertiary/aromatic N) is 1. The molecule has 0 saturated carbocycles. The number of hydrogen-bond donors (Lipinski definition) is 2. The zero-order valence-electron chi connectivity index (χ0n) is 25.6. The van der Waals surface area contributed by atoms with Gasteiger partial charge < -0.3 is 29.7 Å². The summed E-state index contributed by atoms with van der Waals surface area (Å²) in [5.41, 5.74) is 1.56. The van der Waals surface area contributed by atoms with Gasteiger partial charge in [0.2, 0.25) is 5.91 Å². The maximum Gasteiger partial charge on any atom is 0.410 e. The first kappa shape index (κ1) is 32.9. The van der Waals surface area contributed by atoms with Gasteiger partial charge in [0, 0.05) is 27.6 Å². The molecule has 234 valence electrons. The lowest BCUT2D eigenvalue weighted by atomic mass is 10.0. The number of thiophene rings is 1. The number of thioether (sulfide) groups is 1. The highest BCUT2D eigenvalue weighted by molar-refractivity contribution is 8.00. The van der Waals surface area contributed by atoms with Crippen LogP contribution in [-0.2, 0) is 27.2 Å². The van der Waals surface area contributed by atoms with Crippen LogP contribution in [-0.4, -0.2) is 60.4 Å². The molecular formula is C32H37N3O7S2. The van der Waals surface area contributed by atoms with E-state index >= 15 is 0 Å². The minimum absolute atomic E-state index is 0.262. The molecule has 1 atom stereocenters.